The second-order valence-electron chi connectivity index (χ2n) is 4.76. The van der Waals surface area contributed by atoms with Crippen molar-refractivity contribution in [1.29, 1.82) is 5.41 Å². The second kappa shape index (κ2) is 9.52. The summed E-state index contributed by atoms with van der Waals surface area (Å²) in [5.74, 6) is -0.966. The summed E-state index contributed by atoms with van der Waals surface area (Å²) in [7, 11) is 0. The van der Waals surface area contributed by atoms with Crippen molar-refractivity contribution < 1.29 is 19.7 Å². The number of rotatable bonds is 9. The van der Waals surface area contributed by atoms with Gasteiger partial charge in [0.15, 0.2) is 0 Å². The summed E-state index contributed by atoms with van der Waals surface area (Å²) >= 11 is 6.12. The van der Waals surface area contributed by atoms with Gasteiger partial charge in [-0.05, 0) is 19.1 Å². The van der Waals surface area contributed by atoms with Crippen LogP contribution in [0.1, 0.15) is 25.3 Å². The number of phenols is 1. The molecule has 0 saturated heterocycles. The number of phenolic OH excluding ortho intramolecular Hbond substituents is 1. The Morgan fingerprint density at radius 1 is 1.46 bits per heavy atom. The van der Waals surface area contributed by atoms with Gasteiger partial charge in [0, 0.05) is 30.0 Å². The molecule has 1 aromatic carbocycles. The highest BCUT2D eigenvalue weighted by molar-refractivity contribution is 6.32. The van der Waals surface area contributed by atoms with Gasteiger partial charge in [0.25, 0.3) is 0 Å². The first kappa shape index (κ1) is 19.4. The number of benzene rings is 1. The minimum atomic E-state index is -1.01. The van der Waals surface area contributed by atoms with Crippen molar-refractivity contribution in [3.63, 3.8) is 0 Å². The molecule has 1 rings (SSSR count). The van der Waals surface area contributed by atoms with Crippen molar-refractivity contribution >= 4 is 29.0 Å². The van der Waals surface area contributed by atoms with E-state index < -0.39 is 5.97 Å². The minimum absolute atomic E-state index is 0.00311. The number of aromatic hydroxyl groups is 1. The lowest BCUT2D eigenvalue weighted by molar-refractivity contribution is -0.136. The van der Waals surface area contributed by atoms with Crippen molar-refractivity contribution in [2.75, 3.05) is 6.61 Å². The van der Waals surface area contributed by atoms with E-state index in [0.717, 1.165) is 0 Å². The van der Waals surface area contributed by atoms with E-state index in [9.17, 15) is 9.90 Å². The SMILES string of the molecule is C=CN=C(/C=C\C)COc1cc(O)c(C(=N)CCC(=O)O)cc1Cl. The summed E-state index contributed by atoms with van der Waals surface area (Å²) in [6.07, 6.45) is 4.75. The molecule has 3 N–H and O–H groups in total. The van der Waals surface area contributed by atoms with Crippen LogP contribution in [-0.2, 0) is 4.79 Å². The van der Waals surface area contributed by atoms with Gasteiger partial charge < -0.3 is 20.4 Å². The molecule has 0 aliphatic rings. The maximum atomic E-state index is 10.6. The summed E-state index contributed by atoms with van der Waals surface area (Å²) in [6.45, 7) is 5.49. The molecular weight excluding hydrogens is 332 g/mol. The number of nitrogens with one attached hydrogen (secondary N) is 1. The van der Waals surface area contributed by atoms with Gasteiger partial charge >= 0.3 is 5.97 Å². The molecule has 128 valence electrons. The Bertz CT molecular complexity index is 696. The Hall–Kier alpha value is -2.60. The van der Waals surface area contributed by atoms with Crippen molar-refractivity contribution in [3.05, 3.63) is 47.6 Å². The highest BCUT2D eigenvalue weighted by Gasteiger charge is 2.14. The average Bonchev–Trinajstić information content (AvgIpc) is 2.53. The zero-order chi connectivity index (χ0) is 18.1. The smallest absolute Gasteiger partial charge is 0.303 e. The van der Waals surface area contributed by atoms with Crippen LogP contribution in [0.2, 0.25) is 5.02 Å². The Labute approximate surface area is 145 Å². The van der Waals surface area contributed by atoms with Gasteiger partial charge in [-0.1, -0.05) is 24.3 Å². The summed E-state index contributed by atoms with van der Waals surface area (Å²) in [6, 6.07) is 2.69. The summed E-state index contributed by atoms with van der Waals surface area (Å²) < 4.78 is 5.53. The number of carbonyl (C=O) groups is 1. The summed E-state index contributed by atoms with van der Waals surface area (Å²) in [5.41, 5.74) is 0.801. The molecule has 24 heavy (non-hydrogen) atoms. The number of aliphatic carboxylic acids is 1. The third-order valence-electron chi connectivity index (χ3n) is 2.96. The van der Waals surface area contributed by atoms with Gasteiger partial charge in [-0.25, -0.2) is 0 Å². The largest absolute Gasteiger partial charge is 0.507 e. The summed E-state index contributed by atoms with van der Waals surface area (Å²) in [4.78, 5) is 14.6. The van der Waals surface area contributed by atoms with Gasteiger partial charge in [0.2, 0.25) is 0 Å². The molecule has 1 aromatic rings. The van der Waals surface area contributed by atoms with Crippen LogP contribution in [0.15, 0.2) is 42.1 Å². The number of ether oxygens (including phenoxy) is 1. The third-order valence-corrected chi connectivity index (χ3v) is 3.25. The Morgan fingerprint density at radius 3 is 2.75 bits per heavy atom. The molecule has 0 saturated carbocycles. The monoisotopic (exact) mass is 350 g/mol. The fourth-order valence-corrected chi connectivity index (χ4v) is 2.07. The topological polar surface area (TPSA) is 103 Å². The van der Waals surface area contributed by atoms with E-state index in [1.165, 1.54) is 18.3 Å². The number of allylic oxidation sites excluding steroid dienone is 1. The Balaban J connectivity index is 2.91. The highest BCUT2D eigenvalue weighted by atomic mass is 35.5. The summed E-state index contributed by atoms with van der Waals surface area (Å²) in [5, 5.41) is 26.8. The minimum Gasteiger partial charge on any atom is -0.507 e. The van der Waals surface area contributed by atoms with E-state index in [2.05, 4.69) is 11.6 Å². The molecule has 0 fully saturated rings. The molecule has 0 aromatic heterocycles. The fraction of sp³-hybridized carbons (Fsp3) is 0.235. The number of carboxylic acids is 1. The molecule has 0 aliphatic heterocycles. The average molecular weight is 351 g/mol. The predicted octanol–water partition coefficient (Wildman–Crippen LogP) is 3.82. The van der Waals surface area contributed by atoms with Gasteiger partial charge in [-0.3, -0.25) is 9.79 Å². The first-order valence-corrected chi connectivity index (χ1v) is 7.52. The Morgan fingerprint density at radius 2 is 2.17 bits per heavy atom. The maximum absolute atomic E-state index is 10.6. The van der Waals surface area contributed by atoms with Crippen LogP contribution in [0.4, 0.5) is 0 Å². The Kier molecular flexibility index (Phi) is 7.71. The van der Waals surface area contributed by atoms with Gasteiger partial charge in [-0.15, -0.1) is 0 Å². The van der Waals surface area contributed by atoms with Crippen molar-refractivity contribution in [1.82, 2.24) is 0 Å². The van der Waals surface area contributed by atoms with Crippen molar-refractivity contribution in [3.8, 4) is 11.5 Å². The third kappa shape index (κ3) is 5.89. The molecule has 0 unspecified atom stereocenters. The van der Waals surface area contributed by atoms with Crippen LogP contribution in [0.25, 0.3) is 0 Å². The first-order chi connectivity index (χ1) is 11.4. The standard InChI is InChI=1S/C17H19ClN2O4/c1-3-5-11(20-4-2)10-24-16-9-15(21)12(8-13(16)18)14(19)6-7-17(22)23/h3-5,8-9,19,21H,2,6-7,10H2,1H3,(H,22,23)/b5-3-,19-14?,20-11?. The van der Waals surface area contributed by atoms with Crippen LogP contribution in [0.3, 0.4) is 0 Å². The lowest BCUT2D eigenvalue weighted by Crippen LogP contribution is -2.09. The fourth-order valence-electron chi connectivity index (χ4n) is 1.85. The first-order valence-electron chi connectivity index (χ1n) is 7.14. The van der Waals surface area contributed by atoms with Crippen LogP contribution in [-0.4, -0.2) is 34.2 Å². The normalized spacial score (nSPS) is 11.5. The maximum Gasteiger partial charge on any atom is 0.303 e. The number of hydrogen-bond acceptors (Lipinski definition) is 5. The zero-order valence-electron chi connectivity index (χ0n) is 13.3. The van der Waals surface area contributed by atoms with Crippen molar-refractivity contribution in [2.24, 2.45) is 4.99 Å². The molecular formula is C17H19ClN2O4. The molecule has 0 amide bonds. The molecule has 0 radical (unpaired) electrons. The molecule has 6 nitrogen and oxygen atoms in total. The van der Waals surface area contributed by atoms with Crippen LogP contribution < -0.4 is 4.74 Å². The van der Waals surface area contributed by atoms with Crippen molar-refractivity contribution in [2.45, 2.75) is 19.8 Å². The molecule has 7 heteroatoms. The zero-order valence-corrected chi connectivity index (χ0v) is 14.0. The quantitative estimate of drug-likeness (QED) is 0.589. The van der Waals surface area contributed by atoms with Gasteiger partial charge in [0.05, 0.1) is 17.2 Å². The van der Waals surface area contributed by atoms with Gasteiger partial charge in [0.1, 0.15) is 18.1 Å². The van der Waals surface area contributed by atoms with Gasteiger partial charge in [-0.2, -0.15) is 0 Å². The number of hydrogen-bond donors (Lipinski definition) is 3. The van der Waals surface area contributed by atoms with E-state index in [4.69, 9.17) is 26.9 Å². The number of nitrogens with zero attached hydrogens (tertiary/aromatic N) is 1. The van der Waals surface area contributed by atoms with E-state index >= 15 is 0 Å². The number of aliphatic imine (C=N–C) groups is 1. The van der Waals surface area contributed by atoms with Crippen LogP contribution in [0, 0.1) is 5.41 Å². The van der Waals surface area contributed by atoms with E-state index in [-0.39, 0.29) is 47.2 Å². The lowest BCUT2D eigenvalue weighted by atomic mass is 10.0. The number of carboxylic acid groups (broad SMARTS) is 1. The van der Waals surface area contributed by atoms with Crippen LogP contribution in [0.5, 0.6) is 11.5 Å². The lowest BCUT2D eigenvalue weighted by Gasteiger charge is -2.12. The van der Waals surface area contributed by atoms with E-state index in [1.807, 2.05) is 6.92 Å². The molecule has 0 bridgehead atoms. The molecule has 0 spiro atoms. The van der Waals surface area contributed by atoms with E-state index in [0.29, 0.717) is 5.71 Å². The number of halogens is 1. The molecule has 0 heterocycles. The molecule has 0 atom stereocenters. The molecule has 0 aliphatic carbocycles. The van der Waals surface area contributed by atoms with E-state index in [1.54, 1.807) is 12.2 Å². The highest BCUT2D eigenvalue weighted by Crippen LogP contribution is 2.33. The van der Waals surface area contributed by atoms with Crippen LogP contribution >= 0.6 is 11.6 Å². The predicted molar refractivity (Wildman–Crippen MR) is 94.8 cm³/mol. The second-order valence-corrected chi connectivity index (χ2v) is 5.17.